The van der Waals surface area contributed by atoms with Gasteiger partial charge in [0.05, 0.1) is 6.54 Å². The molecule has 0 atom stereocenters. The molecule has 0 saturated carbocycles. The van der Waals surface area contributed by atoms with Crippen LogP contribution in [0.25, 0.3) is 5.76 Å². The summed E-state index contributed by atoms with van der Waals surface area (Å²) in [4.78, 5) is 23.8. The van der Waals surface area contributed by atoms with Crippen molar-refractivity contribution in [1.29, 1.82) is 0 Å². The maximum atomic E-state index is 11.7. The zero-order valence-electron chi connectivity index (χ0n) is 12.1. The van der Waals surface area contributed by atoms with E-state index >= 15 is 0 Å². The molecule has 0 aliphatic heterocycles. The average Bonchev–Trinajstić information content (AvgIpc) is 2.51. The molecule has 0 saturated heterocycles. The third-order valence-electron chi connectivity index (χ3n) is 2.60. The summed E-state index contributed by atoms with van der Waals surface area (Å²) in [5, 5.41) is 4.78. The smallest absolute Gasteiger partial charge is 0.286 e. The minimum Gasteiger partial charge on any atom is -0.452 e. The second kappa shape index (κ2) is 8.16. The van der Waals surface area contributed by atoms with Crippen molar-refractivity contribution < 1.29 is 14.3 Å². The van der Waals surface area contributed by atoms with Crippen LogP contribution in [0.2, 0.25) is 0 Å². The summed E-state index contributed by atoms with van der Waals surface area (Å²) in [6.07, 6.45) is 1.99. The number of hydrogen-bond acceptors (Lipinski definition) is 4. The number of benzene rings is 1. The van der Waals surface area contributed by atoms with Crippen LogP contribution in [0.15, 0.2) is 48.1 Å². The lowest BCUT2D eigenvalue weighted by Gasteiger charge is -2.11. The average molecular weight is 306 g/mol. The monoisotopic (exact) mass is 306 g/mol. The first-order chi connectivity index (χ1) is 9.97. The summed E-state index contributed by atoms with van der Waals surface area (Å²) in [7, 11) is 1.49. The van der Waals surface area contributed by atoms with Gasteiger partial charge >= 0.3 is 0 Å². The van der Waals surface area contributed by atoms with Gasteiger partial charge in [0.1, 0.15) is 5.76 Å². The fraction of sp³-hybridized carbons (Fsp3) is 0.200. The third-order valence-corrected chi connectivity index (χ3v) is 3.34. The van der Waals surface area contributed by atoms with Gasteiger partial charge in [-0.15, -0.1) is 11.8 Å². The third kappa shape index (κ3) is 5.35. The Kier molecular flexibility index (Phi) is 6.55. The van der Waals surface area contributed by atoms with E-state index in [-0.39, 0.29) is 18.2 Å². The number of carbonyl (C=O) groups is 2. The van der Waals surface area contributed by atoms with E-state index in [4.69, 9.17) is 4.74 Å². The zero-order chi connectivity index (χ0) is 15.8. The molecule has 0 radical (unpaired) electrons. The van der Waals surface area contributed by atoms with Gasteiger partial charge in [0.2, 0.25) is 5.91 Å². The zero-order valence-corrected chi connectivity index (χ0v) is 12.9. The number of carbonyl (C=O) groups excluding carboxylic acids is 2. The van der Waals surface area contributed by atoms with Gasteiger partial charge < -0.3 is 15.4 Å². The summed E-state index contributed by atoms with van der Waals surface area (Å²) in [5.41, 5.74) is 0.757. The maximum Gasteiger partial charge on any atom is 0.286 e. The second-order valence-corrected chi connectivity index (χ2v) is 4.91. The van der Waals surface area contributed by atoms with Crippen LogP contribution >= 0.6 is 11.8 Å². The molecular weight excluding hydrogens is 288 g/mol. The SMILES string of the molecule is C=C(OC(=C)c1ccc(SC)cc1)C(=O)NCC(=O)NC. The van der Waals surface area contributed by atoms with Crippen molar-refractivity contribution in [2.45, 2.75) is 4.90 Å². The number of nitrogens with one attached hydrogen (secondary N) is 2. The molecule has 0 fully saturated rings. The first-order valence-electron chi connectivity index (χ1n) is 6.16. The summed E-state index contributed by atoms with van der Waals surface area (Å²) in [6.45, 7) is 7.16. The lowest BCUT2D eigenvalue weighted by atomic mass is 10.2. The first-order valence-corrected chi connectivity index (χ1v) is 7.39. The van der Waals surface area contributed by atoms with Crippen LogP contribution in [-0.4, -0.2) is 31.7 Å². The van der Waals surface area contributed by atoms with E-state index in [0.29, 0.717) is 5.76 Å². The van der Waals surface area contributed by atoms with Crippen LogP contribution in [0, 0.1) is 0 Å². The molecule has 1 aromatic rings. The van der Waals surface area contributed by atoms with E-state index in [9.17, 15) is 9.59 Å². The van der Waals surface area contributed by atoms with Gasteiger partial charge in [-0.1, -0.05) is 25.3 Å². The van der Waals surface area contributed by atoms with Crippen LogP contribution in [-0.2, 0) is 14.3 Å². The molecular formula is C15H18N2O3S. The predicted molar refractivity (Wildman–Crippen MR) is 84.6 cm³/mol. The number of thioether (sulfide) groups is 1. The van der Waals surface area contributed by atoms with Crippen LogP contribution in [0.3, 0.4) is 0 Å². The van der Waals surface area contributed by atoms with Gasteiger partial charge in [-0.3, -0.25) is 9.59 Å². The van der Waals surface area contributed by atoms with E-state index < -0.39 is 5.91 Å². The van der Waals surface area contributed by atoms with Crippen LogP contribution in [0.5, 0.6) is 0 Å². The molecule has 1 rings (SSSR count). The van der Waals surface area contributed by atoms with Gasteiger partial charge in [-0.05, 0) is 18.4 Å². The van der Waals surface area contributed by atoms with E-state index in [0.717, 1.165) is 10.5 Å². The van der Waals surface area contributed by atoms with Gasteiger partial charge in [0.25, 0.3) is 5.91 Å². The number of amides is 2. The number of rotatable bonds is 7. The van der Waals surface area contributed by atoms with Crippen LogP contribution < -0.4 is 10.6 Å². The van der Waals surface area contributed by atoms with E-state index in [1.165, 1.54) is 7.05 Å². The largest absolute Gasteiger partial charge is 0.452 e. The van der Waals surface area contributed by atoms with Crippen molar-refractivity contribution in [1.82, 2.24) is 10.6 Å². The lowest BCUT2D eigenvalue weighted by molar-refractivity contribution is -0.125. The molecule has 21 heavy (non-hydrogen) atoms. The van der Waals surface area contributed by atoms with Gasteiger partial charge in [0, 0.05) is 17.5 Å². The molecule has 2 amide bonds. The fourth-order valence-electron chi connectivity index (χ4n) is 1.38. The topological polar surface area (TPSA) is 67.4 Å². The Hall–Kier alpha value is -2.21. The molecule has 0 bridgehead atoms. The molecule has 2 N–H and O–H groups in total. The highest BCUT2D eigenvalue weighted by Gasteiger charge is 2.12. The maximum absolute atomic E-state index is 11.7. The minimum absolute atomic E-state index is 0.113. The van der Waals surface area contributed by atoms with Crippen LogP contribution in [0.1, 0.15) is 5.56 Å². The number of ether oxygens (including phenoxy) is 1. The van der Waals surface area contributed by atoms with E-state index in [1.54, 1.807) is 11.8 Å². The molecule has 5 nitrogen and oxygen atoms in total. The Labute approximate surface area is 128 Å². The van der Waals surface area contributed by atoms with Crippen LogP contribution in [0.4, 0.5) is 0 Å². The highest BCUT2D eigenvalue weighted by atomic mass is 32.2. The van der Waals surface area contributed by atoms with Crippen molar-refractivity contribution in [2.24, 2.45) is 0 Å². The Bertz CT molecular complexity index is 553. The lowest BCUT2D eigenvalue weighted by Crippen LogP contribution is -2.36. The molecule has 0 aliphatic carbocycles. The van der Waals surface area contributed by atoms with E-state index in [1.807, 2.05) is 30.5 Å². The van der Waals surface area contributed by atoms with Crippen molar-refractivity contribution in [3.8, 4) is 0 Å². The number of hydrogen-bond donors (Lipinski definition) is 2. The van der Waals surface area contributed by atoms with Gasteiger partial charge in [-0.2, -0.15) is 0 Å². The van der Waals surface area contributed by atoms with Crippen molar-refractivity contribution in [2.75, 3.05) is 19.8 Å². The summed E-state index contributed by atoms with van der Waals surface area (Å²) in [6, 6.07) is 7.57. The molecule has 0 unspecified atom stereocenters. The quantitative estimate of drug-likeness (QED) is 0.458. The summed E-state index contributed by atoms with van der Waals surface area (Å²) in [5.74, 6) is -0.649. The molecule has 0 heterocycles. The first kappa shape index (κ1) is 16.8. The fourth-order valence-corrected chi connectivity index (χ4v) is 1.79. The molecule has 0 aliphatic rings. The Morgan fingerprint density at radius 1 is 1.24 bits per heavy atom. The Balaban J connectivity index is 2.54. The second-order valence-electron chi connectivity index (χ2n) is 4.03. The standard InChI is InChI=1S/C15H18N2O3S/c1-10(12-5-7-13(21-4)8-6-12)20-11(2)15(19)17-9-14(18)16-3/h5-8H,1-2,9H2,3-4H3,(H,16,18)(H,17,19). The summed E-state index contributed by atoms with van der Waals surface area (Å²) >= 11 is 1.63. The molecule has 112 valence electrons. The van der Waals surface area contributed by atoms with Gasteiger partial charge in [0.15, 0.2) is 5.76 Å². The van der Waals surface area contributed by atoms with Crippen molar-refractivity contribution in [3.63, 3.8) is 0 Å². The molecule has 1 aromatic carbocycles. The van der Waals surface area contributed by atoms with Crippen molar-refractivity contribution in [3.05, 3.63) is 48.7 Å². The van der Waals surface area contributed by atoms with Gasteiger partial charge in [-0.25, -0.2) is 0 Å². The minimum atomic E-state index is -0.555. The molecule has 6 heteroatoms. The van der Waals surface area contributed by atoms with Crippen molar-refractivity contribution >= 4 is 29.3 Å². The Morgan fingerprint density at radius 2 is 1.86 bits per heavy atom. The summed E-state index contributed by atoms with van der Waals surface area (Å²) < 4.78 is 5.30. The Morgan fingerprint density at radius 3 is 2.38 bits per heavy atom. The highest BCUT2D eigenvalue weighted by Crippen LogP contribution is 2.21. The highest BCUT2D eigenvalue weighted by molar-refractivity contribution is 7.98. The number of likely N-dealkylation sites (N-methyl/N-ethyl adjacent to an activating group) is 1. The van der Waals surface area contributed by atoms with E-state index in [2.05, 4.69) is 23.8 Å². The normalized spacial score (nSPS) is 9.62. The molecule has 0 spiro atoms. The molecule has 0 aromatic heterocycles. The predicted octanol–water partition coefficient (Wildman–Crippen LogP) is 1.77.